The van der Waals surface area contributed by atoms with Crippen molar-refractivity contribution in [3.05, 3.63) is 48.2 Å². The summed E-state index contributed by atoms with van der Waals surface area (Å²) in [5.74, 6) is 0. The van der Waals surface area contributed by atoms with Crippen molar-refractivity contribution in [2.45, 2.75) is 6.42 Å². The molecule has 1 radical (unpaired) electrons. The van der Waals surface area contributed by atoms with Crippen molar-refractivity contribution in [3.63, 3.8) is 0 Å². The Morgan fingerprint density at radius 1 is 1.06 bits per heavy atom. The van der Waals surface area contributed by atoms with Gasteiger partial charge >= 0.3 is 0 Å². The minimum atomic E-state index is -0.740. The maximum atomic E-state index is 3.59. The molecule has 18 heavy (non-hydrogen) atoms. The van der Waals surface area contributed by atoms with Crippen LogP contribution in [-0.2, 0) is 0 Å². The monoisotopic (exact) mass is 251 g/mol. The first-order valence-electron chi connectivity index (χ1n) is 6.50. The number of hydrogen-bond donors (Lipinski definition) is 1. The van der Waals surface area contributed by atoms with Gasteiger partial charge in [0.25, 0.3) is 9.12 Å². The Hall–Kier alpha value is -1.58. The van der Waals surface area contributed by atoms with Gasteiger partial charge in [0.05, 0.1) is 0 Å². The summed E-state index contributed by atoms with van der Waals surface area (Å²) < 4.78 is 2.60. The summed E-state index contributed by atoms with van der Waals surface area (Å²) in [6.07, 6.45) is 5.68. The molecule has 2 aromatic carbocycles. The van der Waals surface area contributed by atoms with E-state index in [1.165, 1.54) is 41.0 Å². The third kappa shape index (κ3) is 1.51. The fourth-order valence-electron chi connectivity index (χ4n) is 2.69. The molecule has 1 saturated heterocycles. The first kappa shape index (κ1) is 10.3. The quantitative estimate of drug-likeness (QED) is 0.778. The largest absolute Gasteiger partial charge is 0.401 e. The molecule has 1 N–H and O–H groups in total. The molecule has 0 aromatic heterocycles. The average Bonchev–Trinajstić information content (AvgIpc) is 2.35. The van der Waals surface area contributed by atoms with Crippen molar-refractivity contribution in [3.8, 4) is 0 Å². The van der Waals surface area contributed by atoms with Gasteiger partial charge in [0.15, 0.2) is 0 Å². The molecule has 0 saturated carbocycles. The van der Waals surface area contributed by atoms with E-state index in [1.807, 2.05) is 0 Å². The Morgan fingerprint density at radius 3 is 2.56 bits per heavy atom. The zero-order valence-electron chi connectivity index (χ0n) is 10.2. The van der Waals surface area contributed by atoms with Crippen LogP contribution in [0.4, 0.5) is 0 Å². The molecule has 0 spiro atoms. The van der Waals surface area contributed by atoms with Crippen molar-refractivity contribution >= 4 is 31.2 Å². The Labute approximate surface area is 109 Å². The van der Waals surface area contributed by atoms with Gasteiger partial charge in [-0.2, -0.15) is 0 Å². The van der Waals surface area contributed by atoms with Crippen molar-refractivity contribution in [2.24, 2.45) is 0 Å². The zero-order chi connectivity index (χ0) is 11.9. The van der Waals surface area contributed by atoms with Gasteiger partial charge in [-0.05, 0) is 59.4 Å². The molecule has 0 aliphatic carbocycles. The summed E-state index contributed by atoms with van der Waals surface area (Å²) in [4.78, 5) is 3.59. The molecule has 0 atom stereocenters. The third-order valence-corrected chi connectivity index (χ3v) is 6.29. The fourth-order valence-corrected chi connectivity index (χ4v) is 5.10. The molecule has 0 amide bonds. The fraction of sp³-hybridized carbons (Fsp3) is 0.200. The molecule has 4 rings (SSSR count). The summed E-state index contributed by atoms with van der Waals surface area (Å²) in [5.41, 5.74) is 1.40. The lowest BCUT2D eigenvalue weighted by atomic mass is 10.1. The minimum absolute atomic E-state index is 0.740. The van der Waals surface area contributed by atoms with Gasteiger partial charge in [0, 0.05) is 0 Å². The van der Waals surface area contributed by atoms with E-state index in [4.69, 9.17) is 0 Å². The number of rotatable bonds is 1. The van der Waals surface area contributed by atoms with Crippen LogP contribution >= 0.6 is 0 Å². The number of benzene rings is 2. The van der Waals surface area contributed by atoms with Crippen LogP contribution in [0.5, 0.6) is 0 Å². The van der Waals surface area contributed by atoms with Crippen molar-refractivity contribution in [2.75, 3.05) is 13.1 Å². The van der Waals surface area contributed by atoms with E-state index in [2.05, 4.69) is 58.2 Å². The van der Waals surface area contributed by atoms with Crippen LogP contribution in [0.3, 0.4) is 0 Å². The van der Waals surface area contributed by atoms with Gasteiger partial charge < -0.3 is 9.55 Å². The standard InChI is InChI=1S/C15H15N2Si/c1-2-5-13-11-15-14(10-12(13)4-1)6-7-16-18(15)17-8-3-9-17/h1-2,4-7,10-11,16H,3,8-9H2. The molecular weight excluding hydrogens is 236 g/mol. The summed E-state index contributed by atoms with van der Waals surface area (Å²) in [5, 5.41) is 4.21. The second-order valence-corrected chi connectivity index (χ2v) is 7.11. The van der Waals surface area contributed by atoms with Gasteiger partial charge in [-0.3, -0.25) is 0 Å². The van der Waals surface area contributed by atoms with Crippen LogP contribution in [0, 0.1) is 0 Å². The lowest BCUT2D eigenvalue weighted by Crippen LogP contribution is -2.62. The zero-order valence-corrected chi connectivity index (χ0v) is 11.2. The number of fused-ring (bicyclic) bond motifs is 2. The molecule has 2 aliphatic rings. The second-order valence-electron chi connectivity index (χ2n) is 4.95. The Morgan fingerprint density at radius 2 is 1.83 bits per heavy atom. The van der Waals surface area contributed by atoms with E-state index < -0.39 is 9.12 Å². The van der Waals surface area contributed by atoms with Crippen LogP contribution < -0.4 is 10.2 Å². The van der Waals surface area contributed by atoms with E-state index >= 15 is 0 Å². The Balaban J connectivity index is 1.88. The summed E-state index contributed by atoms with van der Waals surface area (Å²) in [6, 6.07) is 13.4. The van der Waals surface area contributed by atoms with Gasteiger partial charge in [-0.1, -0.05) is 30.3 Å². The number of nitrogens with one attached hydrogen (secondary N) is 1. The van der Waals surface area contributed by atoms with E-state index in [9.17, 15) is 0 Å². The van der Waals surface area contributed by atoms with Gasteiger partial charge in [0.2, 0.25) is 0 Å². The van der Waals surface area contributed by atoms with Crippen LogP contribution in [-0.4, -0.2) is 26.8 Å². The SMILES string of the molecule is C1=Cc2cc3ccccc3cc2[Si](N2CCC2)N1. The number of hydrogen-bond acceptors (Lipinski definition) is 2. The third-order valence-electron chi connectivity index (χ3n) is 3.83. The highest BCUT2D eigenvalue weighted by molar-refractivity contribution is 6.70. The first-order chi connectivity index (χ1) is 8.92. The molecule has 0 unspecified atom stereocenters. The summed E-state index contributed by atoms with van der Waals surface area (Å²) >= 11 is 0. The maximum Gasteiger partial charge on any atom is 0.298 e. The Bertz CT molecular complexity index is 631. The molecule has 3 heteroatoms. The molecule has 2 aliphatic heterocycles. The highest BCUT2D eigenvalue weighted by Crippen LogP contribution is 2.19. The highest BCUT2D eigenvalue weighted by atomic mass is 28.3. The molecule has 0 bridgehead atoms. The molecule has 89 valence electrons. The van der Waals surface area contributed by atoms with Crippen LogP contribution in [0.15, 0.2) is 42.6 Å². The van der Waals surface area contributed by atoms with E-state index in [-0.39, 0.29) is 0 Å². The topological polar surface area (TPSA) is 15.3 Å². The molecular formula is C15H15N2Si. The Kier molecular flexibility index (Phi) is 2.28. The van der Waals surface area contributed by atoms with E-state index in [0.717, 1.165) is 0 Å². The summed E-state index contributed by atoms with van der Waals surface area (Å²) in [7, 11) is -0.740. The summed E-state index contributed by atoms with van der Waals surface area (Å²) in [6.45, 7) is 2.50. The second kappa shape index (κ2) is 3.97. The number of nitrogens with zero attached hydrogens (tertiary/aromatic N) is 1. The van der Waals surface area contributed by atoms with Crippen LogP contribution in [0.25, 0.3) is 16.8 Å². The predicted molar refractivity (Wildman–Crippen MR) is 77.7 cm³/mol. The first-order valence-corrected chi connectivity index (χ1v) is 7.95. The lowest BCUT2D eigenvalue weighted by molar-refractivity contribution is 0.311. The predicted octanol–water partition coefficient (Wildman–Crippen LogP) is 1.81. The van der Waals surface area contributed by atoms with Gasteiger partial charge in [0.1, 0.15) is 0 Å². The van der Waals surface area contributed by atoms with Crippen LogP contribution in [0.2, 0.25) is 0 Å². The normalized spacial score (nSPS) is 19.3. The van der Waals surface area contributed by atoms with E-state index in [1.54, 1.807) is 0 Å². The molecule has 2 nitrogen and oxygen atoms in total. The smallest absolute Gasteiger partial charge is 0.298 e. The molecule has 1 fully saturated rings. The van der Waals surface area contributed by atoms with E-state index in [0.29, 0.717) is 0 Å². The highest BCUT2D eigenvalue weighted by Gasteiger charge is 2.31. The van der Waals surface area contributed by atoms with Gasteiger partial charge in [-0.15, -0.1) is 0 Å². The lowest BCUT2D eigenvalue weighted by Gasteiger charge is -2.38. The van der Waals surface area contributed by atoms with Gasteiger partial charge in [-0.25, -0.2) is 0 Å². The average molecular weight is 251 g/mol. The van der Waals surface area contributed by atoms with Crippen molar-refractivity contribution in [1.29, 1.82) is 0 Å². The van der Waals surface area contributed by atoms with Crippen molar-refractivity contribution < 1.29 is 0 Å². The molecule has 2 aromatic rings. The molecule has 2 heterocycles. The van der Waals surface area contributed by atoms with Crippen molar-refractivity contribution in [1.82, 2.24) is 9.55 Å². The minimum Gasteiger partial charge on any atom is -0.401 e. The van der Waals surface area contributed by atoms with Crippen LogP contribution in [0.1, 0.15) is 12.0 Å². The maximum absolute atomic E-state index is 3.59.